The van der Waals surface area contributed by atoms with Crippen LogP contribution in [0.5, 0.6) is 11.5 Å². The Morgan fingerprint density at radius 3 is 2.10 bits per heavy atom. The largest absolute Gasteiger partial charge is 0.493 e. The minimum Gasteiger partial charge on any atom is -0.493 e. The van der Waals surface area contributed by atoms with Gasteiger partial charge in [-0.25, -0.2) is 0 Å². The minimum atomic E-state index is 0.700. The molecule has 0 aromatic heterocycles. The molecule has 0 spiro atoms. The molecule has 4 heteroatoms. The summed E-state index contributed by atoms with van der Waals surface area (Å²) >= 11 is 9.35. The van der Waals surface area contributed by atoms with E-state index in [-0.39, 0.29) is 0 Å². The fourth-order valence-corrected chi connectivity index (χ4v) is 2.58. The van der Waals surface area contributed by atoms with E-state index < -0.39 is 0 Å². The highest BCUT2D eigenvalue weighted by atomic mass is 79.9. The average Bonchev–Trinajstić information content (AvgIpc) is 2.49. The van der Waals surface area contributed by atoms with Crippen molar-refractivity contribution < 1.29 is 9.47 Å². The molecule has 0 saturated heterocycles. The van der Waals surface area contributed by atoms with E-state index in [0.29, 0.717) is 11.5 Å². The third-order valence-corrected chi connectivity index (χ3v) is 3.67. The van der Waals surface area contributed by atoms with Gasteiger partial charge in [0.2, 0.25) is 0 Å². The molecule has 0 aliphatic rings. The lowest BCUT2D eigenvalue weighted by Gasteiger charge is -2.12. The van der Waals surface area contributed by atoms with Crippen molar-refractivity contribution in [1.29, 1.82) is 0 Å². The van der Waals surface area contributed by atoms with Crippen LogP contribution in [0.4, 0.5) is 0 Å². The van der Waals surface area contributed by atoms with E-state index in [1.807, 2.05) is 47.4 Å². The highest BCUT2D eigenvalue weighted by Crippen LogP contribution is 2.33. The van der Waals surface area contributed by atoms with Crippen molar-refractivity contribution in [2.45, 2.75) is 0 Å². The van der Waals surface area contributed by atoms with Crippen molar-refractivity contribution in [3.8, 4) is 11.5 Å². The second-order valence-electron chi connectivity index (χ2n) is 4.10. The van der Waals surface area contributed by atoms with Gasteiger partial charge in [0.1, 0.15) is 0 Å². The Bertz CT molecular complexity index is 621. The van der Waals surface area contributed by atoms with Gasteiger partial charge >= 0.3 is 0 Å². The lowest BCUT2D eigenvalue weighted by molar-refractivity contribution is 0.355. The van der Waals surface area contributed by atoms with Gasteiger partial charge in [0, 0.05) is 5.02 Å². The van der Waals surface area contributed by atoms with E-state index >= 15 is 0 Å². The maximum Gasteiger partial charge on any atom is 0.161 e. The predicted molar refractivity (Wildman–Crippen MR) is 87.0 cm³/mol. The Hall–Kier alpha value is -1.45. The number of hydrogen-bond acceptors (Lipinski definition) is 2. The quantitative estimate of drug-likeness (QED) is 0.757. The first kappa shape index (κ1) is 14.9. The highest BCUT2D eigenvalue weighted by molar-refractivity contribution is 9.11. The van der Waals surface area contributed by atoms with Crippen LogP contribution in [-0.2, 0) is 0 Å². The molecule has 0 aliphatic carbocycles. The third-order valence-electron chi connectivity index (χ3n) is 2.96. The molecule has 0 aliphatic heterocycles. The summed E-state index contributed by atoms with van der Waals surface area (Å²) in [7, 11) is 3.25. The normalized spacial score (nSPS) is 11.3. The van der Waals surface area contributed by atoms with Crippen molar-refractivity contribution in [3.05, 3.63) is 63.6 Å². The Balaban J connectivity index is 2.45. The minimum absolute atomic E-state index is 0.700. The number of ether oxygens (including phenoxy) is 2. The maximum absolute atomic E-state index is 5.93. The zero-order valence-electron chi connectivity index (χ0n) is 11.2. The highest BCUT2D eigenvalue weighted by Gasteiger charge is 2.09. The molecule has 104 valence electrons. The van der Waals surface area contributed by atoms with E-state index in [1.165, 1.54) is 0 Å². The van der Waals surface area contributed by atoms with Crippen molar-refractivity contribution in [2.24, 2.45) is 0 Å². The van der Waals surface area contributed by atoms with Crippen molar-refractivity contribution in [2.75, 3.05) is 14.2 Å². The summed E-state index contributed by atoms with van der Waals surface area (Å²) in [6.45, 7) is 0. The first-order valence-corrected chi connectivity index (χ1v) is 7.27. The monoisotopic (exact) mass is 352 g/mol. The average molecular weight is 354 g/mol. The third kappa shape index (κ3) is 3.17. The number of methoxy groups -OCH3 is 2. The van der Waals surface area contributed by atoms with Gasteiger partial charge in [0.05, 0.1) is 14.2 Å². The molecule has 2 aromatic carbocycles. The molecule has 2 rings (SSSR count). The molecule has 0 saturated carbocycles. The standard InChI is InChI=1S/C16H14BrClO2/c1-19-15-8-5-12(9-16(15)20-2)14(10-17)11-3-6-13(18)7-4-11/h3-10H,1-2H3/b14-10-. The van der Waals surface area contributed by atoms with Crippen LogP contribution in [0.15, 0.2) is 47.4 Å². The molecule has 0 heterocycles. The van der Waals surface area contributed by atoms with Crippen LogP contribution in [0.25, 0.3) is 5.57 Å². The fourth-order valence-electron chi connectivity index (χ4n) is 1.93. The molecule has 0 amide bonds. The topological polar surface area (TPSA) is 18.5 Å². The molecule has 0 bridgehead atoms. The summed E-state index contributed by atoms with van der Waals surface area (Å²) in [6, 6.07) is 13.5. The molecule has 0 unspecified atom stereocenters. The fraction of sp³-hybridized carbons (Fsp3) is 0.125. The predicted octanol–water partition coefficient (Wildman–Crippen LogP) is 5.14. The molecule has 20 heavy (non-hydrogen) atoms. The summed E-state index contributed by atoms with van der Waals surface area (Å²) in [6.07, 6.45) is 0. The van der Waals surface area contributed by atoms with E-state index in [9.17, 15) is 0 Å². The second kappa shape index (κ2) is 6.82. The molecule has 0 fully saturated rings. The smallest absolute Gasteiger partial charge is 0.161 e. The van der Waals surface area contributed by atoms with E-state index in [0.717, 1.165) is 21.7 Å². The van der Waals surface area contributed by atoms with E-state index in [4.69, 9.17) is 21.1 Å². The molecular formula is C16H14BrClO2. The number of benzene rings is 2. The van der Waals surface area contributed by atoms with Gasteiger partial charge in [-0.1, -0.05) is 45.7 Å². The summed E-state index contributed by atoms with van der Waals surface area (Å²) in [5.74, 6) is 1.41. The zero-order valence-corrected chi connectivity index (χ0v) is 13.5. The van der Waals surface area contributed by atoms with Gasteiger partial charge in [-0.2, -0.15) is 0 Å². The summed E-state index contributed by atoms with van der Waals surface area (Å²) in [4.78, 5) is 1.89. The summed E-state index contributed by atoms with van der Waals surface area (Å²) < 4.78 is 10.6. The number of rotatable bonds is 4. The van der Waals surface area contributed by atoms with Gasteiger partial charge in [0.15, 0.2) is 11.5 Å². The molecular weight excluding hydrogens is 340 g/mol. The van der Waals surface area contributed by atoms with Crippen molar-refractivity contribution in [3.63, 3.8) is 0 Å². The van der Waals surface area contributed by atoms with Gasteiger partial charge in [-0.3, -0.25) is 0 Å². The van der Waals surface area contributed by atoms with Gasteiger partial charge in [0.25, 0.3) is 0 Å². The van der Waals surface area contributed by atoms with Crippen LogP contribution in [0, 0.1) is 0 Å². The van der Waals surface area contributed by atoms with Crippen molar-refractivity contribution in [1.82, 2.24) is 0 Å². The van der Waals surface area contributed by atoms with Gasteiger partial charge in [-0.15, -0.1) is 0 Å². The number of hydrogen-bond donors (Lipinski definition) is 0. The molecule has 0 atom stereocenters. The molecule has 0 N–H and O–H groups in total. The van der Waals surface area contributed by atoms with Crippen molar-refractivity contribution >= 4 is 33.1 Å². The van der Waals surface area contributed by atoms with Crippen LogP contribution < -0.4 is 9.47 Å². The van der Waals surface area contributed by atoms with Gasteiger partial charge in [-0.05, 0) is 46.0 Å². The lowest BCUT2D eigenvalue weighted by atomic mass is 9.99. The Morgan fingerprint density at radius 2 is 1.55 bits per heavy atom. The van der Waals surface area contributed by atoms with Crippen LogP contribution in [0.3, 0.4) is 0 Å². The van der Waals surface area contributed by atoms with Crippen LogP contribution in [0.1, 0.15) is 11.1 Å². The zero-order chi connectivity index (χ0) is 14.5. The van der Waals surface area contributed by atoms with Crippen LogP contribution in [0.2, 0.25) is 5.02 Å². The molecule has 0 radical (unpaired) electrons. The summed E-state index contributed by atoms with van der Waals surface area (Å²) in [5, 5.41) is 0.718. The van der Waals surface area contributed by atoms with Gasteiger partial charge < -0.3 is 9.47 Å². The van der Waals surface area contributed by atoms with E-state index in [1.54, 1.807) is 14.2 Å². The Labute approximate surface area is 132 Å². The Kier molecular flexibility index (Phi) is 5.10. The summed E-state index contributed by atoms with van der Waals surface area (Å²) in [5.41, 5.74) is 3.14. The first-order valence-electron chi connectivity index (χ1n) is 5.98. The maximum atomic E-state index is 5.93. The van der Waals surface area contributed by atoms with Crippen LogP contribution >= 0.6 is 27.5 Å². The van der Waals surface area contributed by atoms with Crippen LogP contribution in [-0.4, -0.2) is 14.2 Å². The SMILES string of the molecule is COc1ccc(/C(=C\Br)c2ccc(Cl)cc2)cc1OC. The molecule has 2 nitrogen and oxygen atoms in total. The second-order valence-corrected chi connectivity index (χ2v) is 4.99. The van der Waals surface area contributed by atoms with E-state index in [2.05, 4.69) is 15.9 Å². The first-order chi connectivity index (χ1) is 9.69. The Morgan fingerprint density at radius 1 is 0.950 bits per heavy atom. The molecule has 2 aromatic rings. The lowest BCUT2D eigenvalue weighted by Crippen LogP contribution is -1.93. The number of halogens is 2.